The lowest BCUT2D eigenvalue weighted by atomic mass is 10.2. The Morgan fingerprint density at radius 1 is 1.50 bits per heavy atom. The summed E-state index contributed by atoms with van der Waals surface area (Å²) >= 11 is 0. The van der Waals surface area contributed by atoms with Crippen molar-refractivity contribution in [2.45, 2.75) is 12.8 Å². The number of nitrogens with zero attached hydrogens (tertiary/aromatic N) is 2. The van der Waals surface area contributed by atoms with Gasteiger partial charge in [-0.1, -0.05) is 0 Å². The molecule has 1 aromatic heterocycles. The lowest BCUT2D eigenvalue weighted by molar-refractivity contribution is -0.276. The van der Waals surface area contributed by atoms with Crippen molar-refractivity contribution in [1.82, 2.24) is 4.98 Å². The molecule has 0 amide bonds. The standard InChI is InChI=1S/C9H7F3N2O2/c1-15-7-4-8(16-9(10,11)12)14-5-6(7)2-3-13/h4-5H,2H2,1H3. The highest BCUT2D eigenvalue weighted by Gasteiger charge is 2.32. The van der Waals surface area contributed by atoms with Gasteiger partial charge in [-0.2, -0.15) is 5.26 Å². The summed E-state index contributed by atoms with van der Waals surface area (Å²) in [5, 5.41) is 8.45. The number of halogens is 3. The van der Waals surface area contributed by atoms with E-state index in [4.69, 9.17) is 10.00 Å². The van der Waals surface area contributed by atoms with E-state index in [0.29, 0.717) is 5.56 Å². The molecular weight excluding hydrogens is 225 g/mol. The van der Waals surface area contributed by atoms with Gasteiger partial charge in [0.15, 0.2) is 0 Å². The largest absolute Gasteiger partial charge is 0.574 e. The molecule has 7 heteroatoms. The number of nitriles is 1. The molecule has 0 fully saturated rings. The summed E-state index contributed by atoms with van der Waals surface area (Å²) in [7, 11) is 1.29. The van der Waals surface area contributed by atoms with E-state index in [9.17, 15) is 13.2 Å². The molecule has 0 N–H and O–H groups in total. The summed E-state index contributed by atoms with van der Waals surface area (Å²) in [6.45, 7) is 0. The Bertz CT molecular complexity index is 412. The molecule has 0 bridgehead atoms. The molecule has 4 nitrogen and oxygen atoms in total. The van der Waals surface area contributed by atoms with Crippen molar-refractivity contribution in [3.63, 3.8) is 0 Å². The monoisotopic (exact) mass is 232 g/mol. The van der Waals surface area contributed by atoms with Crippen molar-refractivity contribution in [1.29, 1.82) is 5.26 Å². The first-order chi connectivity index (χ1) is 7.46. The molecule has 0 aliphatic rings. The smallest absolute Gasteiger partial charge is 0.496 e. The van der Waals surface area contributed by atoms with E-state index >= 15 is 0 Å². The van der Waals surface area contributed by atoms with Crippen molar-refractivity contribution >= 4 is 0 Å². The van der Waals surface area contributed by atoms with Crippen LogP contribution >= 0.6 is 0 Å². The molecule has 1 aromatic rings. The van der Waals surface area contributed by atoms with E-state index in [2.05, 4.69) is 9.72 Å². The van der Waals surface area contributed by atoms with Crippen LogP contribution in [0.1, 0.15) is 5.56 Å². The Morgan fingerprint density at radius 3 is 2.69 bits per heavy atom. The number of rotatable bonds is 3. The molecule has 0 saturated heterocycles. The van der Waals surface area contributed by atoms with E-state index < -0.39 is 12.2 Å². The molecule has 16 heavy (non-hydrogen) atoms. The van der Waals surface area contributed by atoms with Gasteiger partial charge in [-0.15, -0.1) is 13.2 Å². The molecule has 1 heterocycles. The zero-order valence-corrected chi connectivity index (χ0v) is 8.21. The van der Waals surface area contributed by atoms with E-state index in [0.717, 1.165) is 12.3 Å². The average Bonchev–Trinajstić information content (AvgIpc) is 2.18. The third-order valence-corrected chi connectivity index (χ3v) is 1.63. The molecule has 0 radical (unpaired) electrons. The Morgan fingerprint density at radius 2 is 2.19 bits per heavy atom. The highest BCUT2D eigenvalue weighted by molar-refractivity contribution is 5.37. The minimum absolute atomic E-state index is 0.00245. The Hall–Kier alpha value is -1.97. The lowest BCUT2D eigenvalue weighted by Gasteiger charge is -2.10. The fraction of sp³-hybridized carbons (Fsp3) is 0.333. The van der Waals surface area contributed by atoms with Gasteiger partial charge in [0.1, 0.15) is 5.75 Å². The number of ether oxygens (including phenoxy) is 2. The first-order valence-electron chi connectivity index (χ1n) is 4.12. The quantitative estimate of drug-likeness (QED) is 0.800. The van der Waals surface area contributed by atoms with Crippen LogP contribution in [0, 0.1) is 11.3 Å². The highest BCUT2D eigenvalue weighted by Crippen LogP contribution is 2.26. The minimum atomic E-state index is -4.80. The first kappa shape index (κ1) is 12.1. The second-order valence-corrected chi connectivity index (χ2v) is 2.72. The zero-order chi connectivity index (χ0) is 12.2. The van der Waals surface area contributed by atoms with Crippen LogP contribution in [0.25, 0.3) is 0 Å². The zero-order valence-electron chi connectivity index (χ0n) is 8.21. The van der Waals surface area contributed by atoms with Gasteiger partial charge < -0.3 is 9.47 Å². The van der Waals surface area contributed by atoms with E-state index in [1.165, 1.54) is 7.11 Å². The molecule has 0 aliphatic heterocycles. The molecule has 0 saturated carbocycles. The van der Waals surface area contributed by atoms with Gasteiger partial charge in [0.2, 0.25) is 5.88 Å². The van der Waals surface area contributed by atoms with Crippen molar-refractivity contribution in [2.24, 2.45) is 0 Å². The number of aromatic nitrogens is 1. The van der Waals surface area contributed by atoms with E-state index in [1.54, 1.807) is 0 Å². The molecule has 86 valence electrons. The van der Waals surface area contributed by atoms with Gasteiger partial charge >= 0.3 is 6.36 Å². The summed E-state index contributed by atoms with van der Waals surface area (Å²) in [6.07, 6.45) is -3.68. The Labute approximate surface area is 89.2 Å². The number of hydrogen-bond donors (Lipinski definition) is 0. The van der Waals surface area contributed by atoms with Crippen molar-refractivity contribution < 1.29 is 22.6 Å². The van der Waals surface area contributed by atoms with Gasteiger partial charge in [-0.3, -0.25) is 0 Å². The summed E-state index contributed by atoms with van der Waals surface area (Å²) in [6, 6.07) is 2.83. The second-order valence-electron chi connectivity index (χ2n) is 2.72. The Balaban J connectivity index is 2.96. The summed E-state index contributed by atoms with van der Waals surface area (Å²) in [5.74, 6) is -0.484. The van der Waals surface area contributed by atoms with Crippen LogP contribution in [0.15, 0.2) is 12.3 Å². The van der Waals surface area contributed by atoms with Crippen LogP contribution in [-0.2, 0) is 6.42 Å². The predicted octanol–water partition coefficient (Wildman–Crippen LogP) is 2.05. The minimum Gasteiger partial charge on any atom is -0.496 e. The average molecular weight is 232 g/mol. The predicted molar refractivity (Wildman–Crippen MR) is 46.8 cm³/mol. The maximum atomic E-state index is 11.9. The second kappa shape index (κ2) is 4.70. The normalized spacial score (nSPS) is 10.7. The van der Waals surface area contributed by atoms with E-state index in [-0.39, 0.29) is 12.2 Å². The Kier molecular flexibility index (Phi) is 3.55. The first-order valence-corrected chi connectivity index (χ1v) is 4.12. The van der Waals surface area contributed by atoms with Gasteiger partial charge in [0.25, 0.3) is 0 Å². The van der Waals surface area contributed by atoms with Gasteiger partial charge in [-0.05, 0) is 0 Å². The molecular formula is C9H7F3N2O2. The van der Waals surface area contributed by atoms with Crippen LogP contribution < -0.4 is 9.47 Å². The summed E-state index contributed by atoms with van der Waals surface area (Å²) in [4.78, 5) is 3.42. The van der Waals surface area contributed by atoms with E-state index in [1.807, 2.05) is 6.07 Å². The van der Waals surface area contributed by atoms with Crippen molar-refractivity contribution in [3.05, 3.63) is 17.8 Å². The molecule has 0 atom stereocenters. The SMILES string of the molecule is COc1cc(OC(F)(F)F)ncc1CC#N. The molecule has 0 aromatic carbocycles. The maximum absolute atomic E-state index is 11.9. The van der Waals surface area contributed by atoms with Crippen LogP contribution in [0.3, 0.4) is 0 Å². The van der Waals surface area contributed by atoms with Gasteiger partial charge in [0, 0.05) is 17.8 Å². The fourth-order valence-electron chi connectivity index (χ4n) is 1.03. The number of methoxy groups -OCH3 is 1. The van der Waals surface area contributed by atoms with Crippen LogP contribution in [0.4, 0.5) is 13.2 Å². The lowest BCUT2D eigenvalue weighted by Crippen LogP contribution is -2.18. The van der Waals surface area contributed by atoms with Crippen LogP contribution in [0.5, 0.6) is 11.6 Å². The van der Waals surface area contributed by atoms with Gasteiger partial charge in [0.05, 0.1) is 19.6 Å². The third kappa shape index (κ3) is 3.31. The van der Waals surface area contributed by atoms with Crippen molar-refractivity contribution in [3.8, 4) is 17.7 Å². The van der Waals surface area contributed by atoms with Gasteiger partial charge in [-0.25, -0.2) is 4.98 Å². The molecule has 1 rings (SSSR count). The molecule has 0 unspecified atom stereocenters. The number of pyridine rings is 1. The number of alkyl halides is 3. The van der Waals surface area contributed by atoms with Crippen LogP contribution in [0.2, 0.25) is 0 Å². The fourth-order valence-corrected chi connectivity index (χ4v) is 1.03. The summed E-state index contributed by atoms with van der Waals surface area (Å²) < 4.78 is 44.0. The maximum Gasteiger partial charge on any atom is 0.574 e. The third-order valence-electron chi connectivity index (χ3n) is 1.63. The molecule has 0 spiro atoms. The van der Waals surface area contributed by atoms with Crippen molar-refractivity contribution in [2.75, 3.05) is 7.11 Å². The number of hydrogen-bond acceptors (Lipinski definition) is 4. The molecule has 0 aliphatic carbocycles. The summed E-state index contributed by atoms with van der Waals surface area (Å²) in [5.41, 5.74) is 0.402. The topological polar surface area (TPSA) is 55.1 Å². The van der Waals surface area contributed by atoms with Crippen LogP contribution in [-0.4, -0.2) is 18.5 Å². The highest BCUT2D eigenvalue weighted by atomic mass is 19.4.